The van der Waals surface area contributed by atoms with Crippen LogP contribution in [0.25, 0.3) is 0 Å². The molecule has 0 N–H and O–H groups in total. The van der Waals surface area contributed by atoms with E-state index < -0.39 is 18.8 Å². The van der Waals surface area contributed by atoms with Gasteiger partial charge in [0, 0.05) is 11.7 Å². The summed E-state index contributed by atoms with van der Waals surface area (Å²) in [5.41, 5.74) is 1.43. The van der Waals surface area contributed by atoms with Crippen molar-refractivity contribution in [2.75, 3.05) is 11.4 Å². The highest BCUT2D eigenvalue weighted by Gasteiger charge is 2.33. The fraction of sp³-hybridized carbons (Fsp3) is 0.538. The summed E-state index contributed by atoms with van der Waals surface area (Å²) in [6, 6.07) is 3.23. The summed E-state index contributed by atoms with van der Waals surface area (Å²) < 4.78 is 37.9. The molecule has 0 aliphatic rings. The van der Waals surface area contributed by atoms with E-state index in [2.05, 4.69) is 4.98 Å². The molecule has 0 radical (unpaired) electrons. The molecule has 19 heavy (non-hydrogen) atoms. The smallest absolute Gasteiger partial charge is 0.344 e. The lowest BCUT2D eigenvalue weighted by atomic mass is 10.1. The summed E-state index contributed by atoms with van der Waals surface area (Å²) in [5.74, 6) is 0.104. The van der Waals surface area contributed by atoms with Crippen LogP contribution < -0.4 is 4.90 Å². The molecule has 0 atom stereocenters. The number of hydrogen-bond acceptors (Lipinski definition) is 3. The third kappa shape index (κ3) is 3.85. The van der Waals surface area contributed by atoms with Gasteiger partial charge >= 0.3 is 6.18 Å². The van der Waals surface area contributed by atoms with E-state index in [-0.39, 0.29) is 11.4 Å². The zero-order valence-electron chi connectivity index (χ0n) is 11.3. The average molecular weight is 271 g/mol. The Morgan fingerprint density at radius 2 is 1.95 bits per heavy atom. The predicted octanol–water partition coefficient (Wildman–Crippen LogP) is 3.35. The Morgan fingerprint density at radius 3 is 2.37 bits per heavy atom. The number of nitrogens with zero attached hydrogens (tertiary/aromatic N) is 3. The molecule has 0 unspecified atom stereocenters. The second kappa shape index (κ2) is 5.47. The van der Waals surface area contributed by atoms with Gasteiger partial charge in [-0.3, -0.25) is 0 Å². The molecule has 0 aliphatic heterocycles. The highest BCUT2D eigenvalue weighted by atomic mass is 19.4. The Labute approximate surface area is 110 Å². The summed E-state index contributed by atoms with van der Waals surface area (Å²) in [6.45, 7) is 5.57. The van der Waals surface area contributed by atoms with Crippen molar-refractivity contribution in [2.24, 2.45) is 0 Å². The van der Waals surface area contributed by atoms with Gasteiger partial charge in [-0.1, -0.05) is 0 Å². The number of rotatable bonds is 3. The Hall–Kier alpha value is -1.77. The molecule has 0 aromatic carbocycles. The van der Waals surface area contributed by atoms with Crippen molar-refractivity contribution in [1.29, 1.82) is 5.26 Å². The molecule has 0 fully saturated rings. The molecule has 1 aromatic rings. The largest absolute Gasteiger partial charge is 0.405 e. The fourth-order valence-corrected chi connectivity index (χ4v) is 1.86. The minimum absolute atomic E-state index is 0.104. The van der Waals surface area contributed by atoms with Crippen molar-refractivity contribution in [1.82, 2.24) is 4.98 Å². The van der Waals surface area contributed by atoms with E-state index in [1.807, 2.05) is 6.07 Å². The van der Waals surface area contributed by atoms with E-state index in [1.54, 1.807) is 33.8 Å². The molecule has 0 bridgehead atoms. The Kier molecular flexibility index (Phi) is 4.40. The van der Waals surface area contributed by atoms with Crippen molar-refractivity contribution in [3.05, 3.63) is 22.9 Å². The van der Waals surface area contributed by atoms with Crippen molar-refractivity contribution in [3.8, 4) is 6.07 Å². The van der Waals surface area contributed by atoms with Crippen LogP contribution in [-0.4, -0.2) is 23.7 Å². The van der Waals surface area contributed by atoms with E-state index in [0.717, 1.165) is 4.90 Å². The molecule has 104 valence electrons. The standard InChI is InChI=1S/C13H16F3N3/c1-8(2)19(7-13(14,15)16)12-11(6-17)9(3)5-10(4)18-12/h5,8H,7H2,1-4H3. The summed E-state index contributed by atoms with van der Waals surface area (Å²) in [5, 5.41) is 9.12. The number of nitriles is 1. The molecule has 6 heteroatoms. The van der Waals surface area contributed by atoms with Crippen LogP contribution in [-0.2, 0) is 0 Å². The van der Waals surface area contributed by atoms with Gasteiger partial charge < -0.3 is 4.90 Å². The van der Waals surface area contributed by atoms with Crippen LogP contribution in [0.1, 0.15) is 30.7 Å². The predicted molar refractivity (Wildman–Crippen MR) is 67.0 cm³/mol. The van der Waals surface area contributed by atoms with Gasteiger partial charge in [0.2, 0.25) is 0 Å². The lowest BCUT2D eigenvalue weighted by Crippen LogP contribution is -2.40. The third-order valence-electron chi connectivity index (χ3n) is 2.68. The first-order valence-electron chi connectivity index (χ1n) is 5.87. The van der Waals surface area contributed by atoms with Crippen LogP contribution in [0.5, 0.6) is 0 Å². The van der Waals surface area contributed by atoms with E-state index in [0.29, 0.717) is 11.3 Å². The average Bonchev–Trinajstić information content (AvgIpc) is 2.23. The van der Waals surface area contributed by atoms with Gasteiger partial charge in [0.25, 0.3) is 0 Å². The molecule has 1 rings (SSSR count). The lowest BCUT2D eigenvalue weighted by molar-refractivity contribution is -0.120. The quantitative estimate of drug-likeness (QED) is 0.846. The SMILES string of the molecule is Cc1cc(C)c(C#N)c(N(CC(F)(F)F)C(C)C)n1. The minimum atomic E-state index is -4.34. The molecule has 3 nitrogen and oxygen atoms in total. The number of aromatic nitrogens is 1. The molecule has 0 spiro atoms. The summed E-state index contributed by atoms with van der Waals surface area (Å²) >= 11 is 0. The van der Waals surface area contributed by atoms with Crippen LogP contribution in [0.2, 0.25) is 0 Å². The molecular formula is C13H16F3N3. The maximum Gasteiger partial charge on any atom is 0.405 e. The monoisotopic (exact) mass is 271 g/mol. The summed E-state index contributed by atoms with van der Waals surface area (Å²) in [4.78, 5) is 5.22. The van der Waals surface area contributed by atoms with Crippen molar-refractivity contribution < 1.29 is 13.2 Å². The van der Waals surface area contributed by atoms with Crippen molar-refractivity contribution in [2.45, 2.75) is 39.9 Å². The van der Waals surface area contributed by atoms with E-state index >= 15 is 0 Å². The van der Waals surface area contributed by atoms with Gasteiger partial charge in [0.05, 0.1) is 5.56 Å². The summed E-state index contributed by atoms with van der Waals surface area (Å²) in [6.07, 6.45) is -4.34. The summed E-state index contributed by atoms with van der Waals surface area (Å²) in [7, 11) is 0. The van der Waals surface area contributed by atoms with Gasteiger partial charge in [0.15, 0.2) is 0 Å². The first kappa shape index (κ1) is 15.3. The van der Waals surface area contributed by atoms with Crippen LogP contribution in [0.3, 0.4) is 0 Å². The van der Waals surface area contributed by atoms with Crippen LogP contribution >= 0.6 is 0 Å². The number of halogens is 3. The first-order chi connectivity index (χ1) is 8.65. The number of anilines is 1. The third-order valence-corrected chi connectivity index (χ3v) is 2.68. The molecule has 0 saturated carbocycles. The van der Waals surface area contributed by atoms with Gasteiger partial charge in [-0.25, -0.2) is 4.98 Å². The van der Waals surface area contributed by atoms with E-state index in [1.165, 1.54) is 0 Å². The Morgan fingerprint density at radius 1 is 1.37 bits per heavy atom. The van der Waals surface area contributed by atoms with Crippen LogP contribution in [0.4, 0.5) is 19.0 Å². The maximum atomic E-state index is 12.6. The van der Waals surface area contributed by atoms with Gasteiger partial charge in [0.1, 0.15) is 18.4 Å². The Bertz CT molecular complexity index is 501. The van der Waals surface area contributed by atoms with Crippen molar-refractivity contribution in [3.63, 3.8) is 0 Å². The fourth-order valence-electron chi connectivity index (χ4n) is 1.86. The molecule has 0 amide bonds. The molecule has 0 aliphatic carbocycles. The number of alkyl halides is 3. The second-order valence-electron chi connectivity index (χ2n) is 4.73. The normalized spacial score (nSPS) is 11.5. The topological polar surface area (TPSA) is 39.9 Å². The van der Waals surface area contributed by atoms with Crippen LogP contribution in [0, 0.1) is 25.2 Å². The molecular weight excluding hydrogens is 255 g/mol. The van der Waals surface area contributed by atoms with Gasteiger partial charge in [-0.15, -0.1) is 0 Å². The van der Waals surface area contributed by atoms with Gasteiger partial charge in [-0.05, 0) is 39.3 Å². The number of aryl methyl sites for hydroxylation is 2. The molecule has 1 aromatic heterocycles. The second-order valence-corrected chi connectivity index (χ2v) is 4.73. The van der Waals surface area contributed by atoms with Crippen molar-refractivity contribution >= 4 is 5.82 Å². The van der Waals surface area contributed by atoms with Gasteiger partial charge in [-0.2, -0.15) is 18.4 Å². The number of hydrogen-bond donors (Lipinski definition) is 0. The molecule has 1 heterocycles. The lowest BCUT2D eigenvalue weighted by Gasteiger charge is -2.30. The molecule has 0 saturated heterocycles. The van der Waals surface area contributed by atoms with Crippen LogP contribution in [0.15, 0.2) is 6.07 Å². The maximum absolute atomic E-state index is 12.6. The highest BCUT2D eigenvalue weighted by molar-refractivity contribution is 5.58. The zero-order valence-corrected chi connectivity index (χ0v) is 11.3. The van der Waals surface area contributed by atoms with E-state index in [9.17, 15) is 13.2 Å². The zero-order chi connectivity index (χ0) is 14.8. The van der Waals surface area contributed by atoms with E-state index in [4.69, 9.17) is 5.26 Å². The minimum Gasteiger partial charge on any atom is -0.344 e. The number of pyridine rings is 1. The first-order valence-corrected chi connectivity index (χ1v) is 5.87. The Balaban J connectivity index is 3.35. The highest BCUT2D eigenvalue weighted by Crippen LogP contribution is 2.27.